The van der Waals surface area contributed by atoms with Gasteiger partial charge in [0.25, 0.3) is 0 Å². The Morgan fingerprint density at radius 2 is 2.44 bits per heavy atom. The van der Waals surface area contributed by atoms with E-state index in [4.69, 9.17) is 0 Å². The Morgan fingerprint density at radius 3 is 2.78 bits per heavy atom. The van der Waals surface area contributed by atoms with Crippen LogP contribution in [0.3, 0.4) is 0 Å². The van der Waals surface area contributed by atoms with Crippen LogP contribution >= 0.6 is 0 Å². The topological polar surface area (TPSA) is 0 Å². The predicted molar refractivity (Wildman–Crippen MR) is 41.3 cm³/mol. The summed E-state index contributed by atoms with van der Waals surface area (Å²) in [6.07, 6.45) is 8.47. The standard InChI is InChI=1S/C9H14/c1-8(2)9-6-4-3-5-7-9/h4,6,9H,1,3,5,7H2,2H3/t9-/m0/s1. The fourth-order valence-corrected chi connectivity index (χ4v) is 1.22. The van der Waals surface area contributed by atoms with Crippen LogP contribution in [0.1, 0.15) is 26.2 Å². The van der Waals surface area contributed by atoms with Gasteiger partial charge in [0.05, 0.1) is 0 Å². The molecule has 0 N–H and O–H groups in total. The van der Waals surface area contributed by atoms with E-state index in [1.165, 1.54) is 24.8 Å². The van der Waals surface area contributed by atoms with E-state index >= 15 is 0 Å². The Kier molecular flexibility index (Phi) is 2.10. The molecule has 0 aromatic heterocycles. The van der Waals surface area contributed by atoms with Crippen molar-refractivity contribution >= 4 is 0 Å². The molecule has 0 saturated carbocycles. The van der Waals surface area contributed by atoms with E-state index < -0.39 is 0 Å². The molecule has 0 heterocycles. The summed E-state index contributed by atoms with van der Waals surface area (Å²) in [5, 5.41) is 0. The molecule has 0 saturated heterocycles. The SMILES string of the molecule is C=C(C)[C@H]1C=CCCC1. The monoisotopic (exact) mass is 122 g/mol. The highest BCUT2D eigenvalue weighted by Gasteiger charge is 2.06. The van der Waals surface area contributed by atoms with Gasteiger partial charge in [-0.25, -0.2) is 0 Å². The molecule has 0 heteroatoms. The van der Waals surface area contributed by atoms with Crippen molar-refractivity contribution in [3.8, 4) is 0 Å². The number of rotatable bonds is 1. The average Bonchev–Trinajstić information content (AvgIpc) is 1.90. The lowest BCUT2D eigenvalue weighted by atomic mass is 9.91. The van der Waals surface area contributed by atoms with Crippen molar-refractivity contribution in [1.29, 1.82) is 0 Å². The first kappa shape index (κ1) is 6.60. The quantitative estimate of drug-likeness (QED) is 0.469. The third kappa shape index (κ3) is 1.70. The van der Waals surface area contributed by atoms with Gasteiger partial charge in [0, 0.05) is 0 Å². The van der Waals surface area contributed by atoms with Crippen LogP contribution in [-0.2, 0) is 0 Å². The molecular formula is C9H14. The van der Waals surface area contributed by atoms with Crippen molar-refractivity contribution in [2.75, 3.05) is 0 Å². The summed E-state index contributed by atoms with van der Waals surface area (Å²) in [4.78, 5) is 0. The lowest BCUT2D eigenvalue weighted by molar-refractivity contribution is 0.607. The lowest BCUT2D eigenvalue weighted by Crippen LogP contribution is -2.00. The Bertz CT molecular complexity index is 131. The third-order valence-electron chi connectivity index (χ3n) is 1.89. The van der Waals surface area contributed by atoms with E-state index in [1.807, 2.05) is 0 Å². The Morgan fingerprint density at radius 1 is 1.67 bits per heavy atom. The van der Waals surface area contributed by atoms with E-state index in [0.29, 0.717) is 5.92 Å². The van der Waals surface area contributed by atoms with Crippen LogP contribution < -0.4 is 0 Å². The molecule has 9 heavy (non-hydrogen) atoms. The second-order valence-electron chi connectivity index (χ2n) is 2.81. The van der Waals surface area contributed by atoms with Gasteiger partial charge in [-0.3, -0.25) is 0 Å². The van der Waals surface area contributed by atoms with Gasteiger partial charge in [-0.05, 0) is 32.1 Å². The first-order valence-electron chi connectivity index (χ1n) is 3.63. The Balaban J connectivity index is 2.50. The minimum Gasteiger partial charge on any atom is -0.0995 e. The fraction of sp³-hybridized carbons (Fsp3) is 0.556. The van der Waals surface area contributed by atoms with Gasteiger partial charge in [0.2, 0.25) is 0 Å². The second kappa shape index (κ2) is 2.86. The van der Waals surface area contributed by atoms with E-state index in [2.05, 4.69) is 25.7 Å². The summed E-state index contributed by atoms with van der Waals surface area (Å²) in [5.74, 6) is 0.679. The second-order valence-corrected chi connectivity index (χ2v) is 2.81. The molecule has 0 radical (unpaired) electrons. The van der Waals surface area contributed by atoms with Gasteiger partial charge in [-0.15, -0.1) is 0 Å². The molecule has 0 bridgehead atoms. The summed E-state index contributed by atoms with van der Waals surface area (Å²) in [7, 11) is 0. The smallest absolute Gasteiger partial charge is 0.00286 e. The van der Waals surface area contributed by atoms with Gasteiger partial charge >= 0.3 is 0 Å². The third-order valence-corrected chi connectivity index (χ3v) is 1.89. The van der Waals surface area contributed by atoms with Crippen LogP contribution in [0.5, 0.6) is 0 Å². The fourth-order valence-electron chi connectivity index (χ4n) is 1.22. The highest BCUT2D eigenvalue weighted by atomic mass is 14.1. The first-order chi connectivity index (χ1) is 4.30. The molecule has 1 rings (SSSR count). The van der Waals surface area contributed by atoms with Crippen LogP contribution in [0.15, 0.2) is 24.3 Å². The molecule has 1 aliphatic carbocycles. The Hall–Kier alpha value is -0.520. The maximum absolute atomic E-state index is 3.93. The normalized spacial score (nSPS) is 26.1. The van der Waals surface area contributed by atoms with Gasteiger partial charge in [0.15, 0.2) is 0 Å². The van der Waals surface area contributed by atoms with Crippen molar-refractivity contribution in [3.05, 3.63) is 24.3 Å². The van der Waals surface area contributed by atoms with Crippen LogP contribution in [-0.4, -0.2) is 0 Å². The predicted octanol–water partition coefficient (Wildman–Crippen LogP) is 2.92. The summed E-state index contributed by atoms with van der Waals surface area (Å²) in [6.45, 7) is 6.04. The van der Waals surface area contributed by atoms with Crippen molar-refractivity contribution in [1.82, 2.24) is 0 Å². The van der Waals surface area contributed by atoms with Crippen LogP contribution in [0.25, 0.3) is 0 Å². The largest absolute Gasteiger partial charge is 0.0995 e. The minimum atomic E-state index is 0.679. The summed E-state index contributed by atoms with van der Waals surface area (Å²) in [6, 6.07) is 0. The molecule has 0 amide bonds. The van der Waals surface area contributed by atoms with Gasteiger partial charge in [-0.2, -0.15) is 0 Å². The van der Waals surface area contributed by atoms with Crippen molar-refractivity contribution < 1.29 is 0 Å². The maximum Gasteiger partial charge on any atom is -0.00286 e. The molecule has 0 aromatic carbocycles. The van der Waals surface area contributed by atoms with Crippen molar-refractivity contribution in [3.63, 3.8) is 0 Å². The molecule has 1 aliphatic rings. The van der Waals surface area contributed by atoms with Gasteiger partial charge in [0.1, 0.15) is 0 Å². The average molecular weight is 122 g/mol. The Labute approximate surface area is 57.3 Å². The summed E-state index contributed by atoms with van der Waals surface area (Å²) < 4.78 is 0. The zero-order valence-corrected chi connectivity index (χ0v) is 6.06. The van der Waals surface area contributed by atoms with E-state index in [9.17, 15) is 0 Å². The molecule has 0 nitrogen and oxygen atoms in total. The molecule has 50 valence electrons. The molecular weight excluding hydrogens is 108 g/mol. The number of hydrogen-bond acceptors (Lipinski definition) is 0. The van der Waals surface area contributed by atoms with Crippen molar-refractivity contribution in [2.45, 2.75) is 26.2 Å². The van der Waals surface area contributed by atoms with Crippen molar-refractivity contribution in [2.24, 2.45) is 5.92 Å². The van der Waals surface area contributed by atoms with Crippen LogP contribution in [0, 0.1) is 5.92 Å². The number of allylic oxidation sites excluding steroid dienone is 3. The van der Waals surface area contributed by atoms with E-state index in [1.54, 1.807) is 0 Å². The maximum atomic E-state index is 3.93. The zero-order valence-electron chi connectivity index (χ0n) is 6.06. The zero-order chi connectivity index (χ0) is 6.69. The van der Waals surface area contributed by atoms with Crippen LogP contribution in [0.2, 0.25) is 0 Å². The van der Waals surface area contributed by atoms with Gasteiger partial charge in [-0.1, -0.05) is 24.3 Å². The molecule has 0 aliphatic heterocycles. The molecule has 0 unspecified atom stereocenters. The molecule has 1 atom stereocenters. The lowest BCUT2D eigenvalue weighted by Gasteiger charge is -2.15. The summed E-state index contributed by atoms with van der Waals surface area (Å²) >= 11 is 0. The highest BCUT2D eigenvalue weighted by Crippen LogP contribution is 2.22. The van der Waals surface area contributed by atoms with Crippen LogP contribution in [0.4, 0.5) is 0 Å². The molecule has 0 aromatic rings. The minimum absolute atomic E-state index is 0.679. The first-order valence-corrected chi connectivity index (χ1v) is 3.63. The summed E-state index contributed by atoms with van der Waals surface area (Å²) in [5.41, 5.74) is 1.31. The molecule has 0 fully saturated rings. The van der Waals surface area contributed by atoms with Gasteiger partial charge < -0.3 is 0 Å². The van der Waals surface area contributed by atoms with E-state index in [0.717, 1.165) is 0 Å². The molecule has 0 spiro atoms. The highest BCUT2D eigenvalue weighted by molar-refractivity contribution is 5.08. The number of hydrogen-bond donors (Lipinski definition) is 0. The van der Waals surface area contributed by atoms with E-state index in [-0.39, 0.29) is 0 Å².